The summed E-state index contributed by atoms with van der Waals surface area (Å²) in [6, 6.07) is 6.04. The van der Waals surface area contributed by atoms with E-state index in [0.717, 1.165) is 5.39 Å². The first-order valence-corrected chi connectivity index (χ1v) is 4.84. The van der Waals surface area contributed by atoms with Crippen molar-refractivity contribution in [2.75, 3.05) is 0 Å². The number of nitro benzene ring substituents is 1. The van der Waals surface area contributed by atoms with E-state index in [1.165, 1.54) is 12.1 Å². The van der Waals surface area contributed by atoms with Gasteiger partial charge in [0, 0.05) is 17.5 Å². The lowest BCUT2D eigenvalue weighted by molar-refractivity contribution is -0.384. The average Bonchev–Trinajstić information content (AvgIpc) is 2.27. The molecule has 0 spiro atoms. The number of nitrogens with two attached hydrogens (primary N) is 1. The quantitative estimate of drug-likeness (QED) is 0.626. The number of nitro groups is 1. The van der Waals surface area contributed by atoms with Crippen LogP contribution in [0.2, 0.25) is 0 Å². The van der Waals surface area contributed by atoms with Crippen molar-refractivity contribution in [1.29, 1.82) is 0 Å². The van der Waals surface area contributed by atoms with Crippen molar-refractivity contribution < 1.29 is 9.72 Å². The molecule has 0 atom stereocenters. The van der Waals surface area contributed by atoms with Gasteiger partial charge in [-0.3, -0.25) is 14.9 Å². The highest BCUT2D eigenvalue weighted by atomic mass is 16.6. The molecule has 6 heteroatoms. The van der Waals surface area contributed by atoms with Gasteiger partial charge < -0.3 is 5.73 Å². The van der Waals surface area contributed by atoms with Crippen molar-refractivity contribution in [3.63, 3.8) is 0 Å². The number of rotatable bonds is 2. The fourth-order valence-electron chi connectivity index (χ4n) is 1.62. The fraction of sp³-hybridized carbons (Fsp3) is 0.0909. The summed E-state index contributed by atoms with van der Waals surface area (Å²) in [5.74, 6) is -0.643. The average molecular weight is 231 g/mol. The Bertz CT molecular complexity index is 637. The molecule has 0 radical (unpaired) electrons. The summed E-state index contributed by atoms with van der Waals surface area (Å²) in [6.45, 7) is 1.72. The molecule has 0 saturated heterocycles. The number of aryl methyl sites for hydroxylation is 1. The van der Waals surface area contributed by atoms with E-state index in [9.17, 15) is 14.9 Å². The summed E-state index contributed by atoms with van der Waals surface area (Å²) in [4.78, 5) is 25.3. The monoisotopic (exact) mass is 231 g/mol. The summed E-state index contributed by atoms with van der Waals surface area (Å²) >= 11 is 0. The van der Waals surface area contributed by atoms with E-state index in [2.05, 4.69) is 4.98 Å². The molecule has 1 amide bonds. The molecule has 2 N–H and O–H groups in total. The third kappa shape index (κ3) is 1.92. The zero-order valence-corrected chi connectivity index (χ0v) is 9.01. The molecule has 0 saturated carbocycles. The second kappa shape index (κ2) is 3.82. The molecule has 6 nitrogen and oxygen atoms in total. The first kappa shape index (κ1) is 11.0. The van der Waals surface area contributed by atoms with E-state index >= 15 is 0 Å². The van der Waals surface area contributed by atoms with Crippen LogP contribution in [0.25, 0.3) is 10.9 Å². The number of carbonyl (C=O) groups excluding carboxylic acids is 1. The smallest absolute Gasteiger partial charge is 0.271 e. The third-order valence-corrected chi connectivity index (χ3v) is 2.44. The van der Waals surface area contributed by atoms with E-state index in [0.29, 0.717) is 11.1 Å². The zero-order valence-electron chi connectivity index (χ0n) is 9.01. The van der Waals surface area contributed by atoms with Crippen molar-refractivity contribution in [3.8, 4) is 0 Å². The van der Waals surface area contributed by atoms with Crippen LogP contribution in [0.4, 0.5) is 5.69 Å². The first-order valence-electron chi connectivity index (χ1n) is 4.84. The van der Waals surface area contributed by atoms with E-state index in [4.69, 9.17) is 5.73 Å². The van der Waals surface area contributed by atoms with Crippen LogP contribution in [0.5, 0.6) is 0 Å². The molecule has 17 heavy (non-hydrogen) atoms. The minimum atomic E-state index is -0.643. The van der Waals surface area contributed by atoms with Gasteiger partial charge in [0.15, 0.2) is 0 Å². The SMILES string of the molecule is Cc1cc2ccc([N+](=O)[O-])cc2nc1C(N)=O. The van der Waals surface area contributed by atoms with E-state index < -0.39 is 10.8 Å². The Balaban J connectivity index is 2.72. The van der Waals surface area contributed by atoms with Crippen molar-refractivity contribution in [1.82, 2.24) is 4.98 Å². The number of primary amides is 1. The van der Waals surface area contributed by atoms with Crippen molar-refractivity contribution in [2.45, 2.75) is 6.92 Å². The number of amides is 1. The number of benzene rings is 1. The maximum absolute atomic E-state index is 11.1. The Morgan fingerprint density at radius 1 is 1.41 bits per heavy atom. The number of pyridine rings is 1. The highest BCUT2D eigenvalue weighted by molar-refractivity contribution is 5.95. The number of hydrogen-bond acceptors (Lipinski definition) is 4. The van der Waals surface area contributed by atoms with E-state index in [1.54, 1.807) is 19.1 Å². The maximum Gasteiger partial charge on any atom is 0.271 e. The number of carbonyl (C=O) groups is 1. The molecule has 1 aromatic carbocycles. The molecule has 0 aliphatic carbocycles. The first-order chi connectivity index (χ1) is 7.99. The molecule has 0 unspecified atom stereocenters. The van der Waals surface area contributed by atoms with Crippen LogP contribution in [0, 0.1) is 17.0 Å². The van der Waals surface area contributed by atoms with Gasteiger partial charge in [0.05, 0.1) is 10.4 Å². The zero-order chi connectivity index (χ0) is 12.6. The van der Waals surface area contributed by atoms with Crippen LogP contribution in [0.3, 0.4) is 0 Å². The molecule has 2 rings (SSSR count). The van der Waals surface area contributed by atoms with Gasteiger partial charge in [-0.05, 0) is 24.6 Å². The van der Waals surface area contributed by atoms with Gasteiger partial charge >= 0.3 is 0 Å². The Morgan fingerprint density at radius 3 is 2.71 bits per heavy atom. The predicted molar refractivity (Wildman–Crippen MR) is 61.7 cm³/mol. The maximum atomic E-state index is 11.1. The number of hydrogen-bond donors (Lipinski definition) is 1. The van der Waals surface area contributed by atoms with Gasteiger partial charge in [0.25, 0.3) is 11.6 Å². The minimum absolute atomic E-state index is 0.0655. The van der Waals surface area contributed by atoms with E-state index in [1.807, 2.05) is 0 Å². The standard InChI is InChI=1S/C11H9N3O3/c1-6-4-7-2-3-8(14(16)17)5-9(7)13-10(6)11(12)15/h2-5H,1H3,(H2,12,15). The normalized spacial score (nSPS) is 10.4. The van der Waals surface area contributed by atoms with Crippen LogP contribution >= 0.6 is 0 Å². The summed E-state index contributed by atoms with van der Waals surface area (Å²) in [5.41, 5.74) is 6.28. The lowest BCUT2D eigenvalue weighted by atomic mass is 10.1. The summed E-state index contributed by atoms with van der Waals surface area (Å²) in [5, 5.41) is 11.4. The second-order valence-electron chi connectivity index (χ2n) is 3.65. The molecular formula is C11H9N3O3. The van der Waals surface area contributed by atoms with Crippen LogP contribution in [0.1, 0.15) is 16.1 Å². The van der Waals surface area contributed by atoms with Crippen LogP contribution in [-0.4, -0.2) is 15.8 Å². The molecule has 1 aromatic heterocycles. The number of fused-ring (bicyclic) bond motifs is 1. The molecule has 86 valence electrons. The fourth-order valence-corrected chi connectivity index (χ4v) is 1.62. The van der Waals surface area contributed by atoms with Crippen molar-refractivity contribution in [3.05, 3.63) is 45.6 Å². The summed E-state index contributed by atoms with van der Waals surface area (Å²) in [7, 11) is 0. The predicted octanol–water partition coefficient (Wildman–Crippen LogP) is 1.55. The highest BCUT2D eigenvalue weighted by Gasteiger charge is 2.11. The number of nitrogens with zero attached hydrogens (tertiary/aromatic N) is 2. The van der Waals surface area contributed by atoms with Crippen molar-refractivity contribution in [2.24, 2.45) is 5.73 Å². The molecule has 1 heterocycles. The minimum Gasteiger partial charge on any atom is -0.364 e. The van der Waals surface area contributed by atoms with Gasteiger partial charge in [0.2, 0.25) is 0 Å². The van der Waals surface area contributed by atoms with Crippen LogP contribution in [-0.2, 0) is 0 Å². The Morgan fingerprint density at radius 2 is 2.12 bits per heavy atom. The lowest BCUT2D eigenvalue weighted by Crippen LogP contribution is -2.14. The highest BCUT2D eigenvalue weighted by Crippen LogP contribution is 2.21. The molecule has 0 aliphatic rings. The molecule has 0 fully saturated rings. The van der Waals surface area contributed by atoms with Crippen LogP contribution in [0.15, 0.2) is 24.3 Å². The largest absolute Gasteiger partial charge is 0.364 e. The molecular weight excluding hydrogens is 222 g/mol. The van der Waals surface area contributed by atoms with Crippen molar-refractivity contribution >= 4 is 22.5 Å². The van der Waals surface area contributed by atoms with Crippen LogP contribution < -0.4 is 5.73 Å². The number of non-ortho nitro benzene ring substituents is 1. The van der Waals surface area contributed by atoms with Gasteiger partial charge in [-0.25, -0.2) is 4.98 Å². The molecule has 0 bridgehead atoms. The Labute approximate surface area is 96.2 Å². The summed E-state index contributed by atoms with van der Waals surface area (Å²) < 4.78 is 0. The van der Waals surface area contributed by atoms with E-state index in [-0.39, 0.29) is 11.4 Å². The lowest BCUT2D eigenvalue weighted by Gasteiger charge is -2.03. The molecule has 2 aromatic rings. The number of aromatic nitrogens is 1. The molecule has 0 aliphatic heterocycles. The third-order valence-electron chi connectivity index (χ3n) is 2.44. The summed E-state index contributed by atoms with van der Waals surface area (Å²) in [6.07, 6.45) is 0. The van der Waals surface area contributed by atoms with Gasteiger partial charge in [-0.15, -0.1) is 0 Å². The van der Waals surface area contributed by atoms with Gasteiger partial charge in [0.1, 0.15) is 5.69 Å². The Hall–Kier alpha value is -2.50. The van der Waals surface area contributed by atoms with Gasteiger partial charge in [-0.2, -0.15) is 0 Å². The Kier molecular flexibility index (Phi) is 2.47. The van der Waals surface area contributed by atoms with Gasteiger partial charge in [-0.1, -0.05) is 0 Å². The topological polar surface area (TPSA) is 99.1 Å². The second-order valence-corrected chi connectivity index (χ2v) is 3.65.